The molecule has 24 heavy (non-hydrogen) atoms. The van der Waals surface area contributed by atoms with E-state index in [0.29, 0.717) is 6.54 Å². The molecule has 1 heterocycles. The van der Waals surface area contributed by atoms with E-state index in [4.69, 9.17) is 10.5 Å². The number of ether oxygens (including phenoxy) is 1. The van der Waals surface area contributed by atoms with Gasteiger partial charge in [-0.25, -0.2) is 0 Å². The molecule has 0 aromatic heterocycles. The zero-order chi connectivity index (χ0) is 16.8. The fourth-order valence-corrected chi connectivity index (χ4v) is 3.74. The Hall–Kier alpha value is -1.98. The lowest BCUT2D eigenvalue weighted by Gasteiger charge is -2.18. The number of nitrogens with one attached hydrogen (secondary N) is 1. The molecule has 3 rings (SSSR count). The van der Waals surface area contributed by atoms with Crippen LogP contribution in [0.2, 0.25) is 0 Å². The fraction of sp³-hybridized carbons (Fsp3) is 0.316. The van der Waals surface area contributed by atoms with Crippen LogP contribution in [-0.2, 0) is 9.53 Å². The molecule has 126 valence electrons. The van der Waals surface area contributed by atoms with Gasteiger partial charge in [0.1, 0.15) is 5.25 Å². The topological polar surface area (TPSA) is 64.4 Å². The zero-order valence-electron chi connectivity index (χ0n) is 13.5. The van der Waals surface area contributed by atoms with Crippen molar-refractivity contribution in [3.8, 4) is 0 Å². The second-order valence-corrected chi connectivity index (χ2v) is 7.04. The molecule has 2 atom stereocenters. The Kier molecular flexibility index (Phi) is 5.77. The van der Waals surface area contributed by atoms with Gasteiger partial charge in [0, 0.05) is 23.7 Å². The summed E-state index contributed by atoms with van der Waals surface area (Å²) in [7, 11) is 0. The SMILES string of the molecule is Nc1ccc(SC(C(=O)NCC2CCCO2)c2ccccc2)cc1. The highest BCUT2D eigenvalue weighted by Gasteiger charge is 2.24. The first kappa shape index (κ1) is 16.9. The van der Waals surface area contributed by atoms with Gasteiger partial charge in [-0.1, -0.05) is 30.3 Å². The number of hydrogen-bond donors (Lipinski definition) is 2. The van der Waals surface area contributed by atoms with Gasteiger partial charge in [0.2, 0.25) is 5.91 Å². The van der Waals surface area contributed by atoms with Gasteiger partial charge in [-0.05, 0) is 42.7 Å². The summed E-state index contributed by atoms with van der Waals surface area (Å²) in [6.07, 6.45) is 2.23. The van der Waals surface area contributed by atoms with E-state index in [9.17, 15) is 4.79 Å². The largest absolute Gasteiger partial charge is 0.399 e. The zero-order valence-corrected chi connectivity index (χ0v) is 14.3. The van der Waals surface area contributed by atoms with E-state index in [1.54, 1.807) is 0 Å². The van der Waals surface area contributed by atoms with Crippen molar-refractivity contribution in [1.29, 1.82) is 0 Å². The molecule has 2 aromatic carbocycles. The fourth-order valence-electron chi connectivity index (χ4n) is 2.70. The molecule has 3 N–H and O–H groups in total. The van der Waals surface area contributed by atoms with Gasteiger partial charge in [0.05, 0.1) is 6.10 Å². The first-order chi connectivity index (χ1) is 11.7. The number of carbonyl (C=O) groups is 1. The van der Waals surface area contributed by atoms with Crippen LogP contribution in [0.1, 0.15) is 23.7 Å². The molecule has 0 radical (unpaired) electrons. The van der Waals surface area contributed by atoms with Crippen molar-refractivity contribution < 1.29 is 9.53 Å². The lowest BCUT2D eigenvalue weighted by atomic mass is 10.1. The number of anilines is 1. The second-order valence-electron chi connectivity index (χ2n) is 5.86. The first-order valence-corrected chi connectivity index (χ1v) is 9.07. The monoisotopic (exact) mass is 342 g/mol. The predicted octanol–water partition coefficient (Wildman–Crippen LogP) is 3.40. The van der Waals surface area contributed by atoms with E-state index in [1.807, 2.05) is 54.6 Å². The number of nitrogen functional groups attached to an aromatic ring is 1. The van der Waals surface area contributed by atoms with E-state index in [1.165, 1.54) is 11.8 Å². The Morgan fingerprint density at radius 3 is 2.62 bits per heavy atom. The molecular formula is C19H22N2O2S. The molecule has 2 unspecified atom stereocenters. The summed E-state index contributed by atoms with van der Waals surface area (Å²) < 4.78 is 5.58. The van der Waals surface area contributed by atoms with Gasteiger partial charge in [0.15, 0.2) is 0 Å². The number of benzene rings is 2. The van der Waals surface area contributed by atoms with Crippen LogP contribution < -0.4 is 11.1 Å². The Bertz CT molecular complexity index is 655. The summed E-state index contributed by atoms with van der Waals surface area (Å²) in [4.78, 5) is 13.8. The summed E-state index contributed by atoms with van der Waals surface area (Å²) in [6, 6.07) is 17.5. The highest BCUT2D eigenvalue weighted by atomic mass is 32.2. The maximum absolute atomic E-state index is 12.8. The first-order valence-electron chi connectivity index (χ1n) is 8.19. The van der Waals surface area contributed by atoms with Crippen LogP contribution in [0.4, 0.5) is 5.69 Å². The van der Waals surface area contributed by atoms with Crippen molar-refractivity contribution >= 4 is 23.4 Å². The summed E-state index contributed by atoms with van der Waals surface area (Å²) >= 11 is 1.53. The molecule has 0 aliphatic carbocycles. The average Bonchev–Trinajstić information content (AvgIpc) is 3.13. The van der Waals surface area contributed by atoms with Crippen LogP contribution in [0.25, 0.3) is 0 Å². The molecule has 1 saturated heterocycles. The third-order valence-corrected chi connectivity index (χ3v) is 5.27. The van der Waals surface area contributed by atoms with Crippen LogP contribution in [0.3, 0.4) is 0 Å². The molecule has 0 saturated carbocycles. The number of rotatable bonds is 6. The highest BCUT2D eigenvalue weighted by molar-refractivity contribution is 8.00. The Balaban J connectivity index is 1.71. The third-order valence-electron chi connectivity index (χ3n) is 4.00. The van der Waals surface area contributed by atoms with Gasteiger partial charge >= 0.3 is 0 Å². The molecule has 0 spiro atoms. The van der Waals surface area contributed by atoms with Crippen LogP contribution in [0.5, 0.6) is 0 Å². The minimum atomic E-state index is -0.295. The third kappa shape index (κ3) is 4.52. The van der Waals surface area contributed by atoms with E-state index >= 15 is 0 Å². The standard InChI is InChI=1S/C19H22N2O2S/c20-15-8-10-17(11-9-15)24-18(14-5-2-1-3-6-14)19(22)21-13-16-7-4-12-23-16/h1-3,5-6,8-11,16,18H,4,7,12-13,20H2,(H,21,22). The molecule has 1 amide bonds. The molecule has 1 aliphatic rings. The molecular weight excluding hydrogens is 320 g/mol. The lowest BCUT2D eigenvalue weighted by Crippen LogP contribution is -2.34. The number of nitrogens with two attached hydrogens (primary N) is 1. The summed E-state index contributed by atoms with van der Waals surface area (Å²) in [5, 5.41) is 2.75. The van der Waals surface area contributed by atoms with Crippen molar-refractivity contribution in [3.63, 3.8) is 0 Å². The predicted molar refractivity (Wildman–Crippen MR) is 97.9 cm³/mol. The Morgan fingerprint density at radius 1 is 1.21 bits per heavy atom. The Labute approximate surface area is 146 Å². The van der Waals surface area contributed by atoms with E-state index in [2.05, 4.69) is 5.32 Å². The summed E-state index contributed by atoms with van der Waals surface area (Å²) in [5.74, 6) is 0.0125. The quantitative estimate of drug-likeness (QED) is 0.624. The highest BCUT2D eigenvalue weighted by Crippen LogP contribution is 2.35. The smallest absolute Gasteiger partial charge is 0.238 e. The maximum Gasteiger partial charge on any atom is 0.238 e. The number of carbonyl (C=O) groups excluding carboxylic acids is 1. The van der Waals surface area contributed by atoms with Gasteiger partial charge in [-0.2, -0.15) is 0 Å². The minimum absolute atomic E-state index is 0.0125. The van der Waals surface area contributed by atoms with Crippen LogP contribution in [0, 0.1) is 0 Å². The maximum atomic E-state index is 12.8. The normalized spacial score (nSPS) is 18.2. The van der Waals surface area contributed by atoms with E-state index < -0.39 is 0 Å². The Morgan fingerprint density at radius 2 is 1.96 bits per heavy atom. The van der Waals surface area contributed by atoms with Crippen LogP contribution >= 0.6 is 11.8 Å². The van der Waals surface area contributed by atoms with Gasteiger partial charge in [-0.15, -0.1) is 11.8 Å². The van der Waals surface area contributed by atoms with Crippen LogP contribution in [-0.4, -0.2) is 25.2 Å². The second kappa shape index (κ2) is 8.22. The number of hydrogen-bond acceptors (Lipinski definition) is 4. The summed E-state index contributed by atoms with van der Waals surface area (Å²) in [6.45, 7) is 1.37. The molecule has 1 aliphatic heterocycles. The van der Waals surface area contributed by atoms with Gasteiger partial charge in [-0.3, -0.25) is 4.79 Å². The van der Waals surface area contributed by atoms with Gasteiger partial charge < -0.3 is 15.8 Å². The van der Waals surface area contributed by atoms with Gasteiger partial charge in [0.25, 0.3) is 0 Å². The molecule has 1 fully saturated rings. The molecule has 4 nitrogen and oxygen atoms in total. The molecule has 0 bridgehead atoms. The van der Waals surface area contributed by atoms with Crippen LogP contribution in [0.15, 0.2) is 59.5 Å². The van der Waals surface area contributed by atoms with E-state index in [-0.39, 0.29) is 17.3 Å². The van der Waals surface area contributed by atoms with Crippen molar-refractivity contribution in [1.82, 2.24) is 5.32 Å². The summed E-state index contributed by atoms with van der Waals surface area (Å²) in [5.41, 5.74) is 7.45. The number of amides is 1. The van der Waals surface area contributed by atoms with Crippen molar-refractivity contribution in [2.45, 2.75) is 29.1 Å². The van der Waals surface area contributed by atoms with Crippen molar-refractivity contribution in [2.24, 2.45) is 0 Å². The lowest BCUT2D eigenvalue weighted by molar-refractivity contribution is -0.121. The van der Waals surface area contributed by atoms with E-state index in [0.717, 1.165) is 35.6 Å². The molecule has 2 aromatic rings. The van der Waals surface area contributed by atoms with Crippen molar-refractivity contribution in [2.75, 3.05) is 18.9 Å². The van der Waals surface area contributed by atoms with Crippen molar-refractivity contribution in [3.05, 3.63) is 60.2 Å². The number of thioether (sulfide) groups is 1. The minimum Gasteiger partial charge on any atom is -0.399 e. The molecule has 5 heteroatoms. The average molecular weight is 342 g/mol.